The first-order valence-electron chi connectivity index (χ1n) is 7.09. The first-order chi connectivity index (χ1) is 10.0. The highest BCUT2D eigenvalue weighted by atomic mass is 35.5. The standard InChI is InChI=1S/C14H20Cl2N4O.2ClH/c1-14(4-2-3-5-20-14)13(21)18-7-6-17-12-11(16)8-10(15)9-19-12;;/h8-9,20H,2-7H2,1H3,(H,17,19)(H,18,21);2*1H. The number of nitrogens with one attached hydrogen (secondary N) is 3. The summed E-state index contributed by atoms with van der Waals surface area (Å²) in [6.45, 7) is 3.91. The Hall–Kier alpha value is -0.460. The number of piperidine rings is 1. The Balaban J connectivity index is 0.00000242. The lowest BCUT2D eigenvalue weighted by Crippen LogP contribution is -2.57. The second kappa shape index (κ2) is 10.4. The molecule has 9 heteroatoms. The van der Waals surface area contributed by atoms with Gasteiger partial charge in [0.05, 0.1) is 15.6 Å². The fourth-order valence-corrected chi connectivity index (χ4v) is 2.79. The van der Waals surface area contributed by atoms with Crippen LogP contribution in [0.2, 0.25) is 10.0 Å². The molecule has 3 N–H and O–H groups in total. The molecule has 1 fully saturated rings. The largest absolute Gasteiger partial charge is 0.367 e. The number of pyridine rings is 1. The van der Waals surface area contributed by atoms with Crippen LogP contribution < -0.4 is 16.0 Å². The van der Waals surface area contributed by atoms with Crippen LogP contribution in [0.15, 0.2) is 12.3 Å². The zero-order valence-corrected chi connectivity index (χ0v) is 16.0. The van der Waals surface area contributed by atoms with Gasteiger partial charge in [0.2, 0.25) is 5.91 Å². The molecular formula is C14H22Cl4N4O. The van der Waals surface area contributed by atoms with Crippen LogP contribution in [0.1, 0.15) is 26.2 Å². The van der Waals surface area contributed by atoms with Gasteiger partial charge >= 0.3 is 0 Å². The maximum Gasteiger partial charge on any atom is 0.240 e. The molecule has 0 saturated carbocycles. The van der Waals surface area contributed by atoms with E-state index >= 15 is 0 Å². The number of carbonyl (C=O) groups excluding carboxylic acids is 1. The van der Waals surface area contributed by atoms with Gasteiger partial charge < -0.3 is 16.0 Å². The minimum atomic E-state index is -0.450. The first-order valence-corrected chi connectivity index (χ1v) is 7.85. The number of carbonyl (C=O) groups is 1. The molecule has 5 nitrogen and oxygen atoms in total. The Labute approximate surface area is 159 Å². The summed E-state index contributed by atoms with van der Waals surface area (Å²) in [6.07, 6.45) is 4.61. The molecule has 2 rings (SSSR count). The average Bonchev–Trinajstić information content (AvgIpc) is 2.46. The highest BCUT2D eigenvalue weighted by Crippen LogP contribution is 2.22. The van der Waals surface area contributed by atoms with Crippen LogP contribution in [0.5, 0.6) is 0 Å². The first kappa shape index (κ1) is 22.5. The molecule has 1 atom stereocenters. The molecule has 23 heavy (non-hydrogen) atoms. The Morgan fingerprint density at radius 3 is 2.70 bits per heavy atom. The van der Waals surface area contributed by atoms with Gasteiger partial charge in [0.1, 0.15) is 5.82 Å². The fourth-order valence-electron chi connectivity index (χ4n) is 2.35. The summed E-state index contributed by atoms with van der Waals surface area (Å²) in [5.74, 6) is 0.608. The lowest BCUT2D eigenvalue weighted by atomic mass is 9.90. The number of nitrogens with zero attached hydrogens (tertiary/aromatic N) is 1. The Morgan fingerprint density at radius 2 is 2.09 bits per heavy atom. The third kappa shape index (κ3) is 6.51. The van der Waals surface area contributed by atoms with Crippen LogP contribution in [0.25, 0.3) is 0 Å². The van der Waals surface area contributed by atoms with Crippen molar-refractivity contribution in [2.75, 3.05) is 25.0 Å². The SMILES string of the molecule is CC1(C(=O)NCCNc2ncc(Cl)cc2Cl)CCCCN1.Cl.Cl. The number of aromatic nitrogens is 1. The lowest BCUT2D eigenvalue weighted by Gasteiger charge is -2.33. The number of hydrogen-bond donors (Lipinski definition) is 3. The second-order valence-electron chi connectivity index (χ2n) is 5.38. The Morgan fingerprint density at radius 1 is 1.35 bits per heavy atom. The summed E-state index contributed by atoms with van der Waals surface area (Å²) in [5.41, 5.74) is -0.450. The van der Waals surface area contributed by atoms with Crippen molar-refractivity contribution < 1.29 is 4.79 Å². The van der Waals surface area contributed by atoms with Crippen molar-refractivity contribution in [2.45, 2.75) is 31.7 Å². The van der Waals surface area contributed by atoms with Gasteiger partial charge in [-0.25, -0.2) is 4.98 Å². The molecule has 132 valence electrons. The van der Waals surface area contributed by atoms with Crippen molar-refractivity contribution >= 4 is 59.7 Å². The van der Waals surface area contributed by atoms with E-state index in [9.17, 15) is 4.79 Å². The van der Waals surface area contributed by atoms with Crippen LogP contribution >= 0.6 is 48.0 Å². The molecule has 1 aromatic heterocycles. The number of amides is 1. The number of anilines is 1. The van der Waals surface area contributed by atoms with E-state index < -0.39 is 5.54 Å². The summed E-state index contributed by atoms with van der Waals surface area (Å²) in [4.78, 5) is 16.3. The van der Waals surface area contributed by atoms with E-state index in [1.54, 1.807) is 6.07 Å². The predicted octanol–water partition coefficient (Wildman–Crippen LogP) is 3.29. The minimum absolute atomic E-state index is 0. The van der Waals surface area contributed by atoms with Crippen LogP contribution in [-0.4, -0.2) is 36.1 Å². The van der Waals surface area contributed by atoms with Crippen molar-refractivity contribution in [3.63, 3.8) is 0 Å². The molecule has 0 bridgehead atoms. The van der Waals surface area contributed by atoms with Gasteiger partial charge in [-0.2, -0.15) is 0 Å². The quantitative estimate of drug-likeness (QED) is 0.660. The molecule has 1 aliphatic heterocycles. The molecule has 0 aromatic carbocycles. The summed E-state index contributed by atoms with van der Waals surface area (Å²) in [5, 5.41) is 10.3. The highest BCUT2D eigenvalue weighted by molar-refractivity contribution is 6.35. The molecule has 1 aliphatic rings. The van der Waals surface area contributed by atoms with E-state index in [4.69, 9.17) is 23.2 Å². The summed E-state index contributed by atoms with van der Waals surface area (Å²) < 4.78 is 0. The van der Waals surface area contributed by atoms with Crippen LogP contribution in [-0.2, 0) is 4.79 Å². The molecule has 1 amide bonds. The monoisotopic (exact) mass is 402 g/mol. The van der Waals surface area contributed by atoms with E-state index in [0.29, 0.717) is 29.0 Å². The summed E-state index contributed by atoms with van der Waals surface area (Å²) in [6, 6.07) is 1.63. The normalized spacial score (nSPS) is 20.0. The summed E-state index contributed by atoms with van der Waals surface area (Å²) in [7, 11) is 0. The van der Waals surface area contributed by atoms with E-state index in [1.165, 1.54) is 6.20 Å². The smallest absolute Gasteiger partial charge is 0.240 e. The third-order valence-electron chi connectivity index (χ3n) is 3.63. The highest BCUT2D eigenvalue weighted by Gasteiger charge is 2.33. The van der Waals surface area contributed by atoms with Gasteiger partial charge in [-0.1, -0.05) is 23.2 Å². The summed E-state index contributed by atoms with van der Waals surface area (Å²) >= 11 is 11.8. The third-order valence-corrected chi connectivity index (χ3v) is 4.13. The van der Waals surface area contributed by atoms with Gasteiger partial charge in [-0.15, -0.1) is 24.8 Å². The van der Waals surface area contributed by atoms with Crippen molar-refractivity contribution in [1.82, 2.24) is 15.6 Å². The second-order valence-corrected chi connectivity index (χ2v) is 6.23. The molecular weight excluding hydrogens is 382 g/mol. The molecule has 1 unspecified atom stereocenters. The topological polar surface area (TPSA) is 66.0 Å². The molecule has 2 heterocycles. The van der Waals surface area contributed by atoms with Gasteiger partial charge in [0, 0.05) is 19.3 Å². The molecule has 1 saturated heterocycles. The number of hydrogen-bond acceptors (Lipinski definition) is 4. The van der Waals surface area contributed by atoms with E-state index in [1.807, 2.05) is 6.92 Å². The van der Waals surface area contributed by atoms with Crippen molar-refractivity contribution in [3.8, 4) is 0 Å². The zero-order valence-electron chi connectivity index (χ0n) is 12.8. The van der Waals surface area contributed by atoms with E-state index in [-0.39, 0.29) is 30.7 Å². The van der Waals surface area contributed by atoms with E-state index in [2.05, 4.69) is 20.9 Å². The maximum atomic E-state index is 12.2. The zero-order chi connectivity index (χ0) is 15.3. The Bertz CT molecular complexity index is 510. The Kier molecular flexibility index (Phi) is 10.2. The van der Waals surface area contributed by atoms with Crippen molar-refractivity contribution in [1.29, 1.82) is 0 Å². The average molecular weight is 404 g/mol. The van der Waals surface area contributed by atoms with Crippen molar-refractivity contribution in [2.24, 2.45) is 0 Å². The van der Waals surface area contributed by atoms with E-state index in [0.717, 1.165) is 25.8 Å². The number of halogens is 4. The van der Waals surface area contributed by atoms with Gasteiger partial charge in [0.25, 0.3) is 0 Å². The van der Waals surface area contributed by atoms with Crippen LogP contribution in [0.3, 0.4) is 0 Å². The minimum Gasteiger partial charge on any atom is -0.367 e. The molecule has 0 aliphatic carbocycles. The molecule has 1 aromatic rings. The van der Waals surface area contributed by atoms with Crippen LogP contribution in [0, 0.1) is 0 Å². The lowest BCUT2D eigenvalue weighted by molar-refractivity contribution is -0.127. The fraction of sp³-hybridized carbons (Fsp3) is 0.571. The number of rotatable bonds is 5. The van der Waals surface area contributed by atoms with Gasteiger partial charge in [-0.3, -0.25) is 4.79 Å². The maximum absolute atomic E-state index is 12.2. The van der Waals surface area contributed by atoms with Crippen molar-refractivity contribution in [3.05, 3.63) is 22.3 Å². The predicted molar refractivity (Wildman–Crippen MR) is 101 cm³/mol. The molecule has 0 radical (unpaired) electrons. The van der Waals surface area contributed by atoms with Gasteiger partial charge in [-0.05, 0) is 38.8 Å². The van der Waals surface area contributed by atoms with Crippen LogP contribution in [0.4, 0.5) is 5.82 Å². The van der Waals surface area contributed by atoms with Gasteiger partial charge in [0.15, 0.2) is 0 Å². The molecule has 0 spiro atoms.